The van der Waals surface area contributed by atoms with Crippen molar-refractivity contribution in [2.75, 3.05) is 27.9 Å². The molecule has 6 rings (SSSR count). The van der Waals surface area contributed by atoms with E-state index in [9.17, 15) is 22.8 Å². The molecule has 0 unspecified atom stereocenters. The van der Waals surface area contributed by atoms with Crippen LogP contribution in [0.15, 0.2) is 48.5 Å². The molecule has 0 spiro atoms. The molecule has 2 aromatic heterocycles. The zero-order valence-electron chi connectivity index (χ0n) is 27.1. The third-order valence-corrected chi connectivity index (χ3v) is 9.16. The second-order valence-electron chi connectivity index (χ2n) is 12.1. The first-order valence-corrected chi connectivity index (χ1v) is 16.1. The minimum absolute atomic E-state index is 0.0347. The van der Waals surface area contributed by atoms with E-state index in [4.69, 9.17) is 14.2 Å². The second-order valence-corrected chi connectivity index (χ2v) is 12.1. The number of hydrogen-bond donors (Lipinski definition) is 1. The highest BCUT2D eigenvalue weighted by Crippen LogP contribution is 2.37. The van der Waals surface area contributed by atoms with E-state index in [0.29, 0.717) is 47.8 Å². The molecule has 4 aromatic rings. The number of carbonyl (C=O) groups excluding carboxylic acids is 2. The first-order chi connectivity index (χ1) is 23.1. The van der Waals surface area contributed by atoms with Gasteiger partial charge in [-0.15, -0.1) is 0 Å². The van der Waals surface area contributed by atoms with Gasteiger partial charge < -0.3 is 24.4 Å². The topological polar surface area (TPSA) is 107 Å². The van der Waals surface area contributed by atoms with Crippen LogP contribution < -0.4 is 19.5 Å². The lowest BCUT2D eigenvalue weighted by Crippen LogP contribution is -2.47. The van der Waals surface area contributed by atoms with E-state index in [1.165, 1.54) is 32.3 Å². The number of alkyl halides is 3. The number of fused-ring (bicyclic) bond motifs is 2. The molecule has 48 heavy (non-hydrogen) atoms. The lowest BCUT2D eigenvalue weighted by Gasteiger charge is -2.32. The number of carbonyl (C=O) groups is 2. The fourth-order valence-corrected chi connectivity index (χ4v) is 6.77. The highest BCUT2D eigenvalue weighted by molar-refractivity contribution is 5.97. The highest BCUT2D eigenvalue weighted by atomic mass is 19.4. The Hall–Kier alpha value is -4.81. The highest BCUT2D eigenvalue weighted by Gasteiger charge is 2.41. The number of rotatable bonds is 11. The standard InChI is InChI=1S/C35H38F3N5O5/c1-46-24-14-12-22(13-15-24)31(33(44)39-23-7-4-5-8-23)42(18-17-21-11-16-28(47-2)29(19-21)48-3)34(45)27-20-30-40-26-10-6-9-25(26)32(35(36,37)38)43(30)41-27/h11-16,19-20,23,31H,4-10,17-18H2,1-3H3,(H,39,44)/t31-/m1/s1. The maximum absolute atomic E-state index is 14.5. The fourth-order valence-electron chi connectivity index (χ4n) is 6.77. The molecule has 0 radical (unpaired) electrons. The maximum Gasteiger partial charge on any atom is 0.433 e. The summed E-state index contributed by atoms with van der Waals surface area (Å²) in [5, 5.41) is 7.33. The molecule has 13 heteroatoms. The number of nitrogens with one attached hydrogen (secondary N) is 1. The summed E-state index contributed by atoms with van der Waals surface area (Å²) < 4.78 is 60.1. The van der Waals surface area contributed by atoms with Gasteiger partial charge in [0.1, 0.15) is 11.8 Å². The molecule has 0 saturated heterocycles. The quantitative estimate of drug-likeness (QED) is 0.218. The van der Waals surface area contributed by atoms with Crippen LogP contribution in [0.1, 0.15) is 76.7 Å². The summed E-state index contributed by atoms with van der Waals surface area (Å²) >= 11 is 0. The van der Waals surface area contributed by atoms with Gasteiger partial charge in [0.15, 0.2) is 28.5 Å². The van der Waals surface area contributed by atoms with Crippen LogP contribution in [0, 0.1) is 0 Å². The first-order valence-electron chi connectivity index (χ1n) is 16.1. The Morgan fingerprint density at radius 3 is 2.35 bits per heavy atom. The zero-order chi connectivity index (χ0) is 34.0. The van der Waals surface area contributed by atoms with Gasteiger partial charge in [-0.2, -0.15) is 18.3 Å². The fraction of sp³-hybridized carbons (Fsp3) is 0.429. The lowest BCUT2D eigenvalue weighted by molar-refractivity contribution is -0.143. The predicted octanol–water partition coefficient (Wildman–Crippen LogP) is 5.75. The van der Waals surface area contributed by atoms with Crippen LogP contribution in [0.4, 0.5) is 13.2 Å². The van der Waals surface area contributed by atoms with Crippen molar-refractivity contribution in [1.29, 1.82) is 0 Å². The molecule has 10 nitrogen and oxygen atoms in total. The van der Waals surface area contributed by atoms with Crippen molar-refractivity contribution in [2.45, 2.75) is 69.6 Å². The Morgan fingerprint density at radius 2 is 1.69 bits per heavy atom. The van der Waals surface area contributed by atoms with Gasteiger partial charge >= 0.3 is 6.18 Å². The summed E-state index contributed by atoms with van der Waals surface area (Å²) in [6.45, 7) is 0.0347. The summed E-state index contributed by atoms with van der Waals surface area (Å²) in [5.41, 5.74) is 0.562. The van der Waals surface area contributed by atoms with Crippen LogP contribution >= 0.6 is 0 Å². The molecule has 2 aromatic carbocycles. The van der Waals surface area contributed by atoms with Crippen molar-refractivity contribution in [3.05, 3.63) is 82.3 Å². The summed E-state index contributed by atoms with van der Waals surface area (Å²) in [5.74, 6) is 0.515. The lowest BCUT2D eigenvalue weighted by atomic mass is 10.0. The largest absolute Gasteiger partial charge is 0.497 e. The van der Waals surface area contributed by atoms with Crippen LogP contribution in [-0.2, 0) is 30.2 Å². The molecule has 1 N–H and O–H groups in total. The molecule has 254 valence electrons. The molecule has 1 atom stereocenters. The van der Waals surface area contributed by atoms with Gasteiger partial charge in [-0.05, 0) is 73.9 Å². The number of aryl methyl sites for hydroxylation is 1. The average molecular weight is 666 g/mol. The molecular formula is C35H38F3N5O5. The average Bonchev–Trinajstić information content (AvgIpc) is 3.86. The monoisotopic (exact) mass is 665 g/mol. The van der Waals surface area contributed by atoms with Gasteiger partial charge in [-0.1, -0.05) is 31.0 Å². The third kappa shape index (κ3) is 6.63. The molecule has 2 aliphatic rings. The van der Waals surface area contributed by atoms with E-state index < -0.39 is 23.8 Å². The molecule has 2 amide bonds. The van der Waals surface area contributed by atoms with E-state index in [-0.39, 0.29) is 41.8 Å². The summed E-state index contributed by atoms with van der Waals surface area (Å²) in [6, 6.07) is 12.3. The molecular weight excluding hydrogens is 627 g/mol. The van der Waals surface area contributed by atoms with Crippen LogP contribution in [-0.4, -0.2) is 65.2 Å². The first kappa shape index (κ1) is 33.1. The van der Waals surface area contributed by atoms with Gasteiger partial charge in [-0.25, -0.2) is 9.50 Å². The molecule has 1 fully saturated rings. The number of ether oxygens (including phenoxy) is 3. The van der Waals surface area contributed by atoms with Crippen LogP contribution in [0.2, 0.25) is 0 Å². The van der Waals surface area contributed by atoms with Crippen LogP contribution in [0.5, 0.6) is 17.2 Å². The van der Waals surface area contributed by atoms with Crippen LogP contribution in [0.25, 0.3) is 5.65 Å². The van der Waals surface area contributed by atoms with Gasteiger partial charge in [-0.3, -0.25) is 9.59 Å². The van der Waals surface area contributed by atoms with Crippen molar-refractivity contribution in [3.8, 4) is 17.2 Å². The van der Waals surface area contributed by atoms with Crippen LogP contribution in [0.3, 0.4) is 0 Å². The SMILES string of the molecule is COc1ccc([C@H](C(=O)NC2CCCC2)N(CCc2ccc(OC)c(OC)c2)C(=O)c2cc3nc4c(c(C(F)(F)F)n3n2)CCC4)cc1. The normalized spacial score (nSPS) is 15.3. The minimum Gasteiger partial charge on any atom is -0.497 e. The Bertz CT molecular complexity index is 1800. The number of amides is 2. The summed E-state index contributed by atoms with van der Waals surface area (Å²) in [7, 11) is 4.58. The smallest absolute Gasteiger partial charge is 0.433 e. The number of nitrogens with zero attached hydrogens (tertiary/aromatic N) is 4. The number of methoxy groups -OCH3 is 3. The summed E-state index contributed by atoms with van der Waals surface area (Å²) in [6.07, 6.45) is 0.419. The number of hydrogen-bond acceptors (Lipinski definition) is 7. The molecule has 0 bridgehead atoms. The van der Waals surface area contributed by atoms with E-state index in [0.717, 1.165) is 35.8 Å². The van der Waals surface area contributed by atoms with E-state index in [1.807, 2.05) is 6.07 Å². The molecule has 2 aliphatic carbocycles. The van der Waals surface area contributed by atoms with Crippen molar-refractivity contribution < 1.29 is 37.0 Å². The van der Waals surface area contributed by atoms with E-state index in [2.05, 4.69) is 15.4 Å². The Balaban J connectivity index is 1.44. The maximum atomic E-state index is 14.5. The molecule has 0 aliphatic heterocycles. The Morgan fingerprint density at radius 1 is 0.958 bits per heavy atom. The third-order valence-electron chi connectivity index (χ3n) is 9.16. The molecule has 1 saturated carbocycles. The minimum atomic E-state index is -4.71. The Labute approximate surface area is 276 Å². The van der Waals surface area contributed by atoms with Gasteiger partial charge in [0, 0.05) is 29.9 Å². The number of halogens is 3. The van der Waals surface area contributed by atoms with E-state index >= 15 is 0 Å². The van der Waals surface area contributed by atoms with Crippen molar-refractivity contribution in [3.63, 3.8) is 0 Å². The van der Waals surface area contributed by atoms with Crippen molar-refractivity contribution >= 4 is 17.5 Å². The zero-order valence-corrected chi connectivity index (χ0v) is 27.1. The number of benzene rings is 2. The van der Waals surface area contributed by atoms with Crippen molar-refractivity contribution in [2.24, 2.45) is 0 Å². The van der Waals surface area contributed by atoms with Gasteiger partial charge in [0.2, 0.25) is 5.91 Å². The van der Waals surface area contributed by atoms with E-state index in [1.54, 1.807) is 36.4 Å². The van der Waals surface area contributed by atoms with Gasteiger partial charge in [0.05, 0.1) is 21.3 Å². The van der Waals surface area contributed by atoms with Crippen molar-refractivity contribution in [1.82, 2.24) is 24.8 Å². The Kier molecular flexibility index (Phi) is 9.47. The molecule has 2 heterocycles. The predicted molar refractivity (Wildman–Crippen MR) is 170 cm³/mol. The number of aromatic nitrogens is 3. The summed E-state index contributed by atoms with van der Waals surface area (Å²) in [4.78, 5) is 34.5. The van der Waals surface area contributed by atoms with Gasteiger partial charge in [0.25, 0.3) is 5.91 Å². The second kappa shape index (κ2) is 13.7.